The summed E-state index contributed by atoms with van der Waals surface area (Å²) in [6.45, 7) is 2.67. The van der Waals surface area contributed by atoms with Crippen molar-refractivity contribution in [2.75, 3.05) is 21.3 Å². The number of aryl methyl sites for hydroxylation is 1. The molecule has 0 saturated heterocycles. The van der Waals surface area contributed by atoms with Crippen LogP contribution < -0.4 is 15.4 Å². The molecule has 0 aliphatic heterocycles. The van der Waals surface area contributed by atoms with Gasteiger partial charge in [0, 0.05) is 23.7 Å². The van der Waals surface area contributed by atoms with Crippen molar-refractivity contribution < 1.29 is 24.1 Å². The highest BCUT2D eigenvalue weighted by molar-refractivity contribution is 7.15. The van der Waals surface area contributed by atoms with Crippen molar-refractivity contribution in [1.82, 2.24) is 15.6 Å². The number of nitrogens with one attached hydrogen (secondary N) is 2. The molecule has 12 nitrogen and oxygen atoms in total. The third-order valence-electron chi connectivity index (χ3n) is 4.68. The largest absolute Gasteiger partial charge is 0.489 e. The minimum absolute atomic E-state index is 0.0875. The number of carbonyl (C=O) groups excluding carboxylic acids is 1. The molecule has 0 atom stereocenters. The molecule has 2 N–H and O–H groups in total. The Bertz CT molecular complexity index is 1280. The summed E-state index contributed by atoms with van der Waals surface area (Å²) in [6.07, 6.45) is 1.60. The number of aromatic nitrogens is 1. The summed E-state index contributed by atoms with van der Waals surface area (Å²) in [4.78, 5) is 31.5. The number of para-hydroxylation sites is 1. The maximum Gasteiger partial charge on any atom is 0.360 e. The lowest BCUT2D eigenvalue weighted by Crippen LogP contribution is -2.34. The van der Waals surface area contributed by atoms with Crippen molar-refractivity contribution in [3.05, 3.63) is 90.9 Å². The van der Waals surface area contributed by atoms with Crippen molar-refractivity contribution in [2.45, 2.75) is 20.1 Å². The third-order valence-corrected chi connectivity index (χ3v) is 5.80. The summed E-state index contributed by atoms with van der Waals surface area (Å²) in [5.41, 5.74) is 2.59. The number of carbonyl (C=O) groups is 1. The first kappa shape index (κ1) is 30.0. The van der Waals surface area contributed by atoms with Crippen molar-refractivity contribution in [3.63, 3.8) is 0 Å². The monoisotopic (exact) mass is 562 g/mol. The molecule has 1 heterocycles. The van der Waals surface area contributed by atoms with Gasteiger partial charge in [-0.2, -0.15) is 0 Å². The maximum atomic E-state index is 11.9. The lowest BCUT2D eigenvalue weighted by atomic mass is 10.0. The maximum absolute atomic E-state index is 11.9. The van der Waals surface area contributed by atoms with Crippen molar-refractivity contribution in [3.8, 4) is 5.75 Å². The van der Waals surface area contributed by atoms with Crippen molar-refractivity contribution >= 4 is 40.6 Å². The number of halogens is 1. The highest BCUT2D eigenvalue weighted by atomic mass is 35.5. The average molecular weight is 563 g/mol. The van der Waals surface area contributed by atoms with E-state index in [-0.39, 0.29) is 11.7 Å². The molecule has 0 aliphatic carbocycles. The number of hydrogen-bond acceptors (Lipinski definition) is 9. The number of methoxy groups -OCH3 is 1. The second-order valence-corrected chi connectivity index (χ2v) is 8.89. The Balaban J connectivity index is 0.000000293. The second kappa shape index (κ2) is 15.8. The molecule has 3 rings (SSSR count). The topological polar surface area (TPSA) is 150 Å². The summed E-state index contributed by atoms with van der Waals surface area (Å²) in [5.74, 6) is 0.324. The van der Waals surface area contributed by atoms with E-state index in [1.807, 2.05) is 49.4 Å². The minimum Gasteiger partial charge on any atom is -0.489 e. The molecule has 0 unspecified atom stereocenters. The predicted octanol–water partition coefficient (Wildman–Crippen LogP) is 3.75. The number of nitro groups is 1. The number of nitrogens with zero attached hydrogens (tertiary/aromatic N) is 4. The molecule has 1 aromatic heterocycles. The summed E-state index contributed by atoms with van der Waals surface area (Å²) >= 11 is 6.92. The first-order chi connectivity index (χ1) is 18.3. The molecule has 0 bridgehead atoms. The zero-order valence-corrected chi connectivity index (χ0v) is 22.7. The first-order valence-electron chi connectivity index (χ1n) is 11.0. The van der Waals surface area contributed by atoms with Crippen LogP contribution in [0.1, 0.15) is 21.6 Å². The van der Waals surface area contributed by atoms with Gasteiger partial charge in [-0.25, -0.2) is 19.9 Å². The number of esters is 1. The van der Waals surface area contributed by atoms with Gasteiger partial charge in [-0.15, -0.1) is 11.3 Å². The van der Waals surface area contributed by atoms with Crippen molar-refractivity contribution in [2.24, 2.45) is 10.3 Å². The predicted molar refractivity (Wildman–Crippen MR) is 145 cm³/mol. The van der Waals surface area contributed by atoms with E-state index in [0.29, 0.717) is 23.2 Å². The van der Waals surface area contributed by atoms with Gasteiger partial charge in [0.25, 0.3) is 5.96 Å². The summed E-state index contributed by atoms with van der Waals surface area (Å²) in [7, 11) is 4.23. The van der Waals surface area contributed by atoms with E-state index in [1.165, 1.54) is 32.6 Å². The van der Waals surface area contributed by atoms with E-state index in [2.05, 4.69) is 25.9 Å². The smallest absolute Gasteiger partial charge is 0.360 e. The van der Waals surface area contributed by atoms with Crippen LogP contribution in [0, 0.1) is 17.0 Å². The van der Waals surface area contributed by atoms with Gasteiger partial charge in [0.15, 0.2) is 15.2 Å². The molecule has 2 aromatic carbocycles. The first-order valence-corrected chi connectivity index (χ1v) is 12.2. The fourth-order valence-electron chi connectivity index (χ4n) is 2.93. The van der Waals surface area contributed by atoms with E-state index in [9.17, 15) is 14.9 Å². The fourth-order valence-corrected chi connectivity index (χ4v) is 3.84. The molecule has 202 valence electrons. The number of rotatable bonds is 9. The van der Waals surface area contributed by atoms with Crippen LogP contribution in [0.5, 0.6) is 5.75 Å². The zero-order chi connectivity index (χ0) is 27.9. The number of benzene rings is 2. The standard InChI is InChI=1S/C18H19NO4.C6H8ClN5O2S/c1-13-8-4-7-11-16(13)23-12-14-9-5-6-10-15(14)17(19-22-3)18(20)21-2;1-8-6(11-12(13)14)10-3-4-2-9-5(7)15-4/h4-11H,12H2,1-3H3;2H,3H2,1H3,(H2,8,10,11)/b19-17+;. The van der Waals surface area contributed by atoms with Crippen LogP contribution in [0.15, 0.2) is 65.0 Å². The van der Waals surface area contributed by atoms with Crippen LogP contribution in [-0.4, -0.2) is 48.9 Å². The number of oxime groups is 1. The SMILES string of the molecule is CN/C(=N\[N+](=O)[O-])NCc1cnc(Cl)s1.CO/N=C(/C(=O)OC)c1ccccc1COc1ccccc1C. The van der Waals surface area contributed by atoms with Gasteiger partial charge in [0.1, 0.15) is 24.6 Å². The molecular formula is C24H27ClN6O6S. The molecule has 0 radical (unpaired) electrons. The van der Waals surface area contributed by atoms with Gasteiger partial charge in [-0.1, -0.05) is 59.2 Å². The van der Waals surface area contributed by atoms with Gasteiger partial charge >= 0.3 is 5.97 Å². The van der Waals surface area contributed by atoms with E-state index in [1.54, 1.807) is 12.3 Å². The van der Waals surface area contributed by atoms with Crippen LogP contribution in [0.2, 0.25) is 4.47 Å². The summed E-state index contributed by atoms with van der Waals surface area (Å²) in [5, 5.41) is 21.5. The third kappa shape index (κ3) is 9.67. The van der Waals surface area contributed by atoms with Gasteiger partial charge in [0.05, 0.1) is 13.7 Å². The van der Waals surface area contributed by atoms with E-state index in [4.69, 9.17) is 25.9 Å². The summed E-state index contributed by atoms with van der Waals surface area (Å²) < 4.78 is 11.1. The number of guanidine groups is 1. The Labute approximate surface area is 228 Å². The molecule has 3 aromatic rings. The molecule has 0 aliphatic rings. The number of thiazole rings is 1. The molecule has 0 spiro atoms. The van der Waals surface area contributed by atoms with Gasteiger partial charge in [-0.3, -0.25) is 0 Å². The number of ether oxygens (including phenoxy) is 2. The van der Waals surface area contributed by atoms with Crippen LogP contribution in [-0.2, 0) is 27.5 Å². The Morgan fingerprint density at radius 2 is 1.89 bits per heavy atom. The average Bonchev–Trinajstić information content (AvgIpc) is 3.34. The lowest BCUT2D eigenvalue weighted by Gasteiger charge is -2.12. The minimum atomic E-state index is -0.779. The van der Waals surface area contributed by atoms with Crippen LogP contribution >= 0.6 is 22.9 Å². The van der Waals surface area contributed by atoms with E-state index in [0.717, 1.165) is 21.8 Å². The molecule has 0 fully saturated rings. The van der Waals surface area contributed by atoms with Crippen molar-refractivity contribution in [1.29, 1.82) is 0 Å². The number of hydrazone groups is 1. The fraction of sp³-hybridized carbons (Fsp3) is 0.250. The molecule has 0 amide bonds. The zero-order valence-electron chi connectivity index (χ0n) is 21.1. The summed E-state index contributed by atoms with van der Waals surface area (Å²) in [6, 6.07) is 15.1. The van der Waals surface area contributed by atoms with Gasteiger partial charge in [-0.05, 0) is 24.1 Å². The highest BCUT2D eigenvalue weighted by Gasteiger charge is 2.19. The van der Waals surface area contributed by atoms with Crippen LogP contribution in [0.4, 0.5) is 0 Å². The van der Waals surface area contributed by atoms with Gasteiger partial charge in [0.2, 0.25) is 0 Å². The highest BCUT2D eigenvalue weighted by Crippen LogP contribution is 2.20. The molecule has 14 heteroatoms. The molecule has 0 saturated carbocycles. The van der Waals surface area contributed by atoms with E-state index < -0.39 is 11.0 Å². The molecule has 38 heavy (non-hydrogen) atoms. The van der Waals surface area contributed by atoms with Crippen LogP contribution in [0.25, 0.3) is 0 Å². The van der Waals surface area contributed by atoms with Gasteiger partial charge < -0.3 is 24.9 Å². The normalized spacial score (nSPS) is 11.1. The number of hydrogen-bond donors (Lipinski definition) is 2. The Morgan fingerprint density at radius 3 is 2.50 bits per heavy atom. The Kier molecular flexibility index (Phi) is 12.5. The Morgan fingerprint density at radius 1 is 1.18 bits per heavy atom. The Hall–Kier alpha value is -4.23. The quantitative estimate of drug-likeness (QED) is 0.131. The lowest BCUT2D eigenvalue weighted by molar-refractivity contribution is -0.485. The molecular weight excluding hydrogens is 536 g/mol. The van der Waals surface area contributed by atoms with E-state index >= 15 is 0 Å². The second-order valence-electron chi connectivity index (χ2n) is 7.19. The van der Waals surface area contributed by atoms with Crippen LogP contribution in [0.3, 0.4) is 0 Å².